The number of hydrogen-bond acceptors (Lipinski definition) is 3. The molecule has 1 aromatic carbocycles. The number of carbonyl (C=O) groups is 1. The van der Waals surface area contributed by atoms with Crippen LogP contribution in [0.25, 0.3) is 0 Å². The van der Waals surface area contributed by atoms with E-state index in [0.29, 0.717) is 0 Å². The highest BCUT2D eigenvalue weighted by molar-refractivity contribution is 7.84. The summed E-state index contributed by atoms with van der Waals surface area (Å²) >= 11 is 0. The summed E-state index contributed by atoms with van der Waals surface area (Å²) in [6, 6.07) is 8.46. The second kappa shape index (κ2) is 6.99. The zero-order valence-corrected chi connectivity index (χ0v) is 13.5. The van der Waals surface area contributed by atoms with E-state index in [9.17, 15) is 9.00 Å². The lowest BCUT2D eigenvalue weighted by atomic mass is 10.1. The Kier molecular flexibility index (Phi) is 5.89. The number of esters is 1. The van der Waals surface area contributed by atoms with E-state index in [4.69, 9.17) is 4.74 Å². The standard InChI is InChI=1S/C15H23NO3S/c1-11(2)19-14(17)13(12-9-7-6-8-10-12)16-20(18)15(3,4)5/h6-11,13,16H,1-5H3/t13-,20+/m1/s1. The molecule has 1 rings (SSSR count). The second-order valence-electron chi connectivity index (χ2n) is 5.83. The van der Waals surface area contributed by atoms with Crippen LogP contribution in [0, 0.1) is 0 Å². The molecule has 20 heavy (non-hydrogen) atoms. The number of carbonyl (C=O) groups excluding carboxylic acids is 1. The molecule has 1 aromatic rings. The predicted octanol–water partition coefficient (Wildman–Crippen LogP) is 2.73. The lowest BCUT2D eigenvalue weighted by molar-refractivity contribution is -0.149. The highest BCUT2D eigenvalue weighted by Crippen LogP contribution is 2.19. The summed E-state index contributed by atoms with van der Waals surface area (Å²) in [4.78, 5) is 12.2. The van der Waals surface area contributed by atoms with Crippen molar-refractivity contribution in [2.24, 2.45) is 0 Å². The predicted molar refractivity (Wildman–Crippen MR) is 81.4 cm³/mol. The lowest BCUT2D eigenvalue weighted by Crippen LogP contribution is -2.39. The first-order chi connectivity index (χ1) is 9.21. The van der Waals surface area contributed by atoms with Gasteiger partial charge in [-0.2, -0.15) is 0 Å². The molecule has 1 N–H and O–H groups in total. The topological polar surface area (TPSA) is 55.4 Å². The SMILES string of the molecule is CC(C)OC(=O)[C@H](N[S@@](=O)C(C)(C)C)c1ccccc1. The zero-order valence-electron chi connectivity index (χ0n) is 12.7. The summed E-state index contributed by atoms with van der Waals surface area (Å²) < 4.78 is 19.9. The maximum atomic E-state index is 12.2. The third kappa shape index (κ3) is 5.06. The summed E-state index contributed by atoms with van der Waals surface area (Å²) in [6.45, 7) is 9.14. The molecule has 5 heteroatoms. The van der Waals surface area contributed by atoms with Crippen LogP contribution >= 0.6 is 0 Å². The van der Waals surface area contributed by atoms with Crippen molar-refractivity contribution in [1.82, 2.24) is 4.72 Å². The summed E-state index contributed by atoms with van der Waals surface area (Å²) in [5.41, 5.74) is 0.746. The van der Waals surface area contributed by atoms with E-state index in [1.807, 2.05) is 51.1 Å². The smallest absolute Gasteiger partial charge is 0.328 e. The van der Waals surface area contributed by atoms with E-state index in [-0.39, 0.29) is 6.10 Å². The number of ether oxygens (including phenoxy) is 1. The van der Waals surface area contributed by atoms with Gasteiger partial charge in [0, 0.05) is 0 Å². The molecule has 0 aliphatic carbocycles. The Balaban J connectivity index is 2.97. The lowest BCUT2D eigenvalue weighted by Gasteiger charge is -2.24. The quantitative estimate of drug-likeness (QED) is 0.850. The van der Waals surface area contributed by atoms with Crippen LogP contribution in [0.15, 0.2) is 30.3 Å². The van der Waals surface area contributed by atoms with Crippen LogP contribution in [0.3, 0.4) is 0 Å². The van der Waals surface area contributed by atoms with Gasteiger partial charge in [0.15, 0.2) is 0 Å². The molecule has 0 heterocycles. The minimum atomic E-state index is -1.35. The minimum Gasteiger partial charge on any atom is -0.462 e. The van der Waals surface area contributed by atoms with Crippen LogP contribution in [0.4, 0.5) is 0 Å². The van der Waals surface area contributed by atoms with Crippen LogP contribution < -0.4 is 4.72 Å². The van der Waals surface area contributed by atoms with E-state index >= 15 is 0 Å². The fraction of sp³-hybridized carbons (Fsp3) is 0.533. The van der Waals surface area contributed by atoms with Crippen molar-refractivity contribution in [3.05, 3.63) is 35.9 Å². The van der Waals surface area contributed by atoms with Crippen molar-refractivity contribution in [2.75, 3.05) is 0 Å². The van der Waals surface area contributed by atoms with Crippen LogP contribution in [0.1, 0.15) is 46.2 Å². The van der Waals surface area contributed by atoms with Gasteiger partial charge in [-0.25, -0.2) is 13.7 Å². The van der Waals surface area contributed by atoms with E-state index in [1.54, 1.807) is 13.8 Å². The molecule has 0 fully saturated rings. The highest BCUT2D eigenvalue weighted by Gasteiger charge is 2.29. The van der Waals surface area contributed by atoms with Gasteiger partial charge in [0.1, 0.15) is 6.04 Å². The highest BCUT2D eigenvalue weighted by atomic mass is 32.2. The third-order valence-electron chi connectivity index (χ3n) is 2.50. The molecular weight excluding hydrogens is 274 g/mol. The molecule has 0 aromatic heterocycles. The second-order valence-corrected chi connectivity index (χ2v) is 7.83. The molecule has 0 saturated heterocycles. The van der Waals surface area contributed by atoms with Gasteiger partial charge in [-0.3, -0.25) is 0 Å². The van der Waals surface area contributed by atoms with Gasteiger partial charge in [-0.15, -0.1) is 0 Å². The summed E-state index contributed by atoms with van der Waals surface area (Å²) in [6.07, 6.45) is -0.210. The van der Waals surface area contributed by atoms with Crippen molar-refractivity contribution in [1.29, 1.82) is 0 Å². The first kappa shape index (κ1) is 16.9. The number of nitrogens with one attached hydrogen (secondary N) is 1. The van der Waals surface area contributed by atoms with Gasteiger partial charge in [0.2, 0.25) is 0 Å². The van der Waals surface area contributed by atoms with Gasteiger partial charge < -0.3 is 4.74 Å². The van der Waals surface area contributed by atoms with Gasteiger partial charge in [0.25, 0.3) is 0 Å². The summed E-state index contributed by atoms with van der Waals surface area (Å²) in [5.74, 6) is -0.413. The van der Waals surface area contributed by atoms with Crippen molar-refractivity contribution in [2.45, 2.75) is 51.5 Å². The Hall–Kier alpha value is -1.20. The average Bonchev–Trinajstić information content (AvgIpc) is 2.34. The normalized spacial score (nSPS) is 14.9. The Morgan fingerprint density at radius 2 is 1.75 bits per heavy atom. The van der Waals surface area contributed by atoms with Gasteiger partial charge in [-0.05, 0) is 40.2 Å². The average molecular weight is 297 g/mol. The van der Waals surface area contributed by atoms with Gasteiger partial charge in [0.05, 0.1) is 21.8 Å². The Bertz CT molecular complexity index is 466. The Morgan fingerprint density at radius 3 is 2.20 bits per heavy atom. The third-order valence-corrected chi connectivity index (χ3v) is 4.06. The van der Waals surface area contributed by atoms with Crippen molar-refractivity contribution < 1.29 is 13.7 Å². The van der Waals surface area contributed by atoms with E-state index in [0.717, 1.165) is 5.56 Å². The molecule has 112 valence electrons. The van der Waals surface area contributed by atoms with Gasteiger partial charge in [-0.1, -0.05) is 30.3 Å². The summed E-state index contributed by atoms with van der Waals surface area (Å²) in [7, 11) is -1.35. The zero-order chi connectivity index (χ0) is 15.3. The van der Waals surface area contributed by atoms with Crippen LogP contribution in [0.2, 0.25) is 0 Å². The largest absolute Gasteiger partial charge is 0.462 e. The molecule has 0 amide bonds. The molecule has 0 saturated carbocycles. The first-order valence-electron chi connectivity index (χ1n) is 6.65. The Labute approximate surface area is 123 Å². The molecule has 4 nitrogen and oxygen atoms in total. The Morgan fingerprint density at radius 1 is 1.20 bits per heavy atom. The van der Waals surface area contributed by atoms with Crippen LogP contribution in [-0.2, 0) is 20.5 Å². The fourth-order valence-corrected chi connectivity index (χ4v) is 2.28. The van der Waals surface area contributed by atoms with Crippen LogP contribution in [-0.4, -0.2) is 21.0 Å². The molecule has 0 bridgehead atoms. The molecule has 0 unspecified atom stereocenters. The molecule has 2 atom stereocenters. The van der Waals surface area contributed by atoms with Crippen molar-refractivity contribution in [3.63, 3.8) is 0 Å². The van der Waals surface area contributed by atoms with E-state index in [2.05, 4.69) is 4.72 Å². The molecular formula is C15H23NO3S. The van der Waals surface area contributed by atoms with Crippen molar-refractivity contribution in [3.8, 4) is 0 Å². The maximum absolute atomic E-state index is 12.2. The van der Waals surface area contributed by atoms with E-state index < -0.39 is 27.7 Å². The van der Waals surface area contributed by atoms with Crippen LogP contribution in [0.5, 0.6) is 0 Å². The monoisotopic (exact) mass is 297 g/mol. The minimum absolute atomic E-state index is 0.210. The molecule has 0 spiro atoms. The van der Waals surface area contributed by atoms with Gasteiger partial charge >= 0.3 is 5.97 Å². The van der Waals surface area contributed by atoms with E-state index in [1.165, 1.54) is 0 Å². The maximum Gasteiger partial charge on any atom is 0.328 e. The number of benzene rings is 1. The van der Waals surface area contributed by atoms with Crippen molar-refractivity contribution >= 4 is 17.0 Å². The summed E-state index contributed by atoms with van der Waals surface area (Å²) in [5, 5.41) is 0. The first-order valence-corrected chi connectivity index (χ1v) is 7.80. The fourth-order valence-electron chi connectivity index (χ4n) is 1.48. The molecule has 0 aliphatic rings. The number of rotatable bonds is 5. The molecule has 0 aliphatic heterocycles. The molecule has 0 radical (unpaired) electrons. The number of hydrogen-bond donors (Lipinski definition) is 1.